The summed E-state index contributed by atoms with van der Waals surface area (Å²) in [6.07, 6.45) is 0.204. The van der Waals surface area contributed by atoms with Crippen molar-refractivity contribution >= 4 is 28.5 Å². The summed E-state index contributed by atoms with van der Waals surface area (Å²) in [7, 11) is 1.30. The molecule has 0 aliphatic carbocycles. The molecule has 2 heterocycles. The molecule has 4 aromatic rings. The molecule has 0 saturated carbocycles. The number of hydrogen-bond acceptors (Lipinski definition) is 5. The number of rotatable bonds is 4. The van der Waals surface area contributed by atoms with Crippen molar-refractivity contribution in [2.45, 2.75) is 6.42 Å². The molecule has 1 aromatic heterocycles. The number of hydrogen-bond donors (Lipinski definition) is 0. The highest BCUT2D eigenvalue weighted by Gasteiger charge is 2.25. The van der Waals surface area contributed by atoms with Crippen LogP contribution in [-0.2, 0) is 11.2 Å². The van der Waals surface area contributed by atoms with E-state index in [-0.39, 0.29) is 24.3 Å². The highest BCUT2D eigenvalue weighted by molar-refractivity contribution is 6.31. The first-order valence-electron chi connectivity index (χ1n) is 9.96. The van der Waals surface area contributed by atoms with Crippen LogP contribution in [0.4, 0.5) is 0 Å². The van der Waals surface area contributed by atoms with Crippen LogP contribution in [0.25, 0.3) is 16.6 Å². The first-order valence-corrected chi connectivity index (χ1v) is 10.3. The smallest absolute Gasteiger partial charge is 0.355 e. The van der Waals surface area contributed by atoms with Gasteiger partial charge in [0.25, 0.3) is 0 Å². The molecule has 1 aliphatic rings. The van der Waals surface area contributed by atoms with Crippen LogP contribution in [-0.4, -0.2) is 24.4 Å². The number of carbonyl (C=O) groups excluding carboxylic acids is 1. The molecule has 0 unspecified atom stereocenters. The maximum atomic E-state index is 13.6. The van der Waals surface area contributed by atoms with E-state index in [1.807, 2.05) is 42.5 Å². The molecule has 5 rings (SSSR count). The second kappa shape index (κ2) is 8.05. The number of ether oxygens (including phenoxy) is 3. The van der Waals surface area contributed by atoms with Gasteiger partial charge >= 0.3 is 5.97 Å². The number of benzene rings is 3. The molecule has 1 aliphatic heterocycles. The molecule has 0 bridgehead atoms. The zero-order chi connectivity index (χ0) is 22.2. The first-order chi connectivity index (χ1) is 15.6. The second-order valence-corrected chi connectivity index (χ2v) is 7.78. The van der Waals surface area contributed by atoms with Gasteiger partial charge in [0.05, 0.1) is 12.6 Å². The lowest BCUT2D eigenvalue weighted by Gasteiger charge is -2.19. The summed E-state index contributed by atoms with van der Waals surface area (Å²) in [4.78, 5) is 26.6. The number of pyridine rings is 1. The van der Waals surface area contributed by atoms with E-state index in [1.165, 1.54) is 7.11 Å². The van der Waals surface area contributed by atoms with Gasteiger partial charge in [-0.2, -0.15) is 0 Å². The molecule has 0 N–H and O–H groups in total. The lowest BCUT2D eigenvalue weighted by Crippen LogP contribution is -2.24. The van der Waals surface area contributed by atoms with E-state index in [2.05, 4.69) is 0 Å². The Morgan fingerprint density at radius 3 is 2.59 bits per heavy atom. The van der Waals surface area contributed by atoms with Crippen molar-refractivity contribution < 1.29 is 19.0 Å². The predicted octanol–water partition coefficient (Wildman–Crippen LogP) is 4.75. The molecule has 7 heteroatoms. The highest BCUT2D eigenvalue weighted by atomic mass is 35.5. The van der Waals surface area contributed by atoms with Gasteiger partial charge in [-0.05, 0) is 48.0 Å². The zero-order valence-corrected chi connectivity index (χ0v) is 17.9. The van der Waals surface area contributed by atoms with E-state index >= 15 is 0 Å². The van der Waals surface area contributed by atoms with Gasteiger partial charge in [-0.15, -0.1) is 0 Å². The van der Waals surface area contributed by atoms with E-state index in [4.69, 9.17) is 25.8 Å². The predicted molar refractivity (Wildman–Crippen MR) is 121 cm³/mol. The highest BCUT2D eigenvalue weighted by Crippen LogP contribution is 2.33. The molecule has 160 valence electrons. The summed E-state index contributed by atoms with van der Waals surface area (Å²) in [5.74, 6) is 0.654. The van der Waals surface area contributed by atoms with Gasteiger partial charge in [-0.3, -0.25) is 4.79 Å². The van der Waals surface area contributed by atoms with Gasteiger partial charge in [0.15, 0.2) is 16.9 Å². The number of para-hydroxylation sites is 1. The lowest BCUT2D eigenvalue weighted by molar-refractivity contribution is 0.0590. The molecular weight excluding hydrogens is 430 g/mol. The normalized spacial score (nSPS) is 12.2. The molecule has 32 heavy (non-hydrogen) atoms. The van der Waals surface area contributed by atoms with Crippen molar-refractivity contribution in [2.75, 3.05) is 13.9 Å². The van der Waals surface area contributed by atoms with Crippen LogP contribution in [0.5, 0.6) is 11.5 Å². The van der Waals surface area contributed by atoms with Gasteiger partial charge in [0.2, 0.25) is 6.79 Å². The van der Waals surface area contributed by atoms with Gasteiger partial charge in [-0.1, -0.05) is 35.9 Å². The molecule has 0 spiro atoms. The fourth-order valence-corrected chi connectivity index (χ4v) is 4.16. The van der Waals surface area contributed by atoms with Crippen molar-refractivity contribution in [3.05, 3.63) is 98.8 Å². The van der Waals surface area contributed by atoms with E-state index in [0.717, 1.165) is 11.3 Å². The van der Waals surface area contributed by atoms with Crippen LogP contribution in [0.2, 0.25) is 5.02 Å². The quantitative estimate of drug-likeness (QED) is 0.422. The SMILES string of the molecule is COC(=O)c1c(Cc2ccc3c(c2)OCO3)c(=O)c2cc(Cl)ccc2n1-c1ccccc1. The Kier molecular flexibility index (Phi) is 5.07. The van der Waals surface area contributed by atoms with Crippen molar-refractivity contribution in [1.82, 2.24) is 4.57 Å². The van der Waals surface area contributed by atoms with E-state index in [9.17, 15) is 9.59 Å². The molecule has 0 amide bonds. The third kappa shape index (κ3) is 3.39. The van der Waals surface area contributed by atoms with E-state index in [1.54, 1.807) is 28.8 Å². The average molecular weight is 448 g/mol. The van der Waals surface area contributed by atoms with Crippen LogP contribution < -0.4 is 14.9 Å². The minimum absolute atomic E-state index is 0.154. The van der Waals surface area contributed by atoms with Crippen molar-refractivity contribution in [3.8, 4) is 17.2 Å². The number of aromatic nitrogens is 1. The van der Waals surface area contributed by atoms with E-state index < -0.39 is 5.97 Å². The molecule has 0 atom stereocenters. The van der Waals surface area contributed by atoms with Crippen molar-refractivity contribution in [1.29, 1.82) is 0 Å². The zero-order valence-electron chi connectivity index (χ0n) is 17.1. The van der Waals surface area contributed by atoms with E-state index in [0.29, 0.717) is 33.0 Å². The lowest BCUT2D eigenvalue weighted by atomic mass is 9.99. The Hall–Kier alpha value is -3.77. The fourth-order valence-electron chi connectivity index (χ4n) is 3.99. The summed E-state index contributed by atoms with van der Waals surface area (Å²) in [5.41, 5.74) is 2.32. The molecule has 0 fully saturated rings. The summed E-state index contributed by atoms with van der Waals surface area (Å²) in [5, 5.41) is 0.860. The Morgan fingerprint density at radius 1 is 1.03 bits per heavy atom. The fraction of sp³-hybridized carbons (Fsp3) is 0.120. The Balaban J connectivity index is 1.82. The molecule has 0 radical (unpaired) electrons. The monoisotopic (exact) mass is 447 g/mol. The topological polar surface area (TPSA) is 66.8 Å². The maximum absolute atomic E-state index is 13.6. The number of esters is 1. The first kappa shape index (κ1) is 20.2. The van der Waals surface area contributed by atoms with Crippen molar-refractivity contribution in [3.63, 3.8) is 0 Å². The Bertz CT molecular complexity index is 1410. The maximum Gasteiger partial charge on any atom is 0.355 e. The van der Waals surface area contributed by atoms with Gasteiger partial charge in [-0.25, -0.2) is 4.79 Å². The summed E-state index contributed by atoms with van der Waals surface area (Å²) >= 11 is 6.22. The number of halogens is 1. The van der Waals surface area contributed by atoms with Crippen LogP contribution in [0.1, 0.15) is 21.6 Å². The molecular formula is C25H18ClNO5. The minimum Gasteiger partial charge on any atom is -0.464 e. The van der Waals surface area contributed by atoms with Crippen LogP contribution >= 0.6 is 11.6 Å². The van der Waals surface area contributed by atoms with Crippen molar-refractivity contribution in [2.24, 2.45) is 0 Å². The summed E-state index contributed by atoms with van der Waals surface area (Å²) < 4.78 is 17.7. The largest absolute Gasteiger partial charge is 0.464 e. The Labute approximate surface area is 188 Å². The van der Waals surface area contributed by atoms with Crippen LogP contribution in [0.15, 0.2) is 71.5 Å². The van der Waals surface area contributed by atoms with Crippen LogP contribution in [0, 0.1) is 0 Å². The number of fused-ring (bicyclic) bond motifs is 2. The number of carbonyl (C=O) groups is 1. The summed E-state index contributed by atoms with van der Waals surface area (Å²) in [6.45, 7) is 0.154. The summed E-state index contributed by atoms with van der Waals surface area (Å²) in [6, 6.07) is 19.9. The second-order valence-electron chi connectivity index (χ2n) is 7.34. The van der Waals surface area contributed by atoms with Crippen LogP contribution in [0.3, 0.4) is 0 Å². The van der Waals surface area contributed by atoms with Gasteiger partial charge < -0.3 is 18.8 Å². The number of nitrogens with zero attached hydrogens (tertiary/aromatic N) is 1. The molecule has 3 aromatic carbocycles. The van der Waals surface area contributed by atoms with Gasteiger partial charge in [0, 0.05) is 28.1 Å². The number of methoxy groups -OCH3 is 1. The molecule has 6 nitrogen and oxygen atoms in total. The van der Waals surface area contributed by atoms with Gasteiger partial charge in [0.1, 0.15) is 5.69 Å². The average Bonchev–Trinajstić information content (AvgIpc) is 3.29. The third-order valence-electron chi connectivity index (χ3n) is 5.44. The minimum atomic E-state index is -0.599. The molecule has 0 saturated heterocycles. The standard InChI is InChI=1S/C25H18ClNO5/c1-30-25(29)23-19(11-15-7-10-21-22(12-15)32-14-31-21)24(28)18-13-16(26)8-9-20(18)27(23)17-5-3-2-4-6-17/h2-10,12-13H,11,14H2,1H3. The third-order valence-corrected chi connectivity index (χ3v) is 5.67. The Morgan fingerprint density at radius 2 is 1.81 bits per heavy atom.